The summed E-state index contributed by atoms with van der Waals surface area (Å²) in [6, 6.07) is 9.65. The van der Waals surface area contributed by atoms with Gasteiger partial charge in [0.05, 0.1) is 22.4 Å². The standard InChI is InChI=1S/C31H31F6N3O3/c32-30(33,34)23-17-21(18-24(19-23)31(35,36)37)27(41)28(42)38-29(22-5-2-1-3-6-22)10-8-25(9-11-29)39-12-14-40(15-13-39)26-7-4-16-43-20-26/h1-7,17-20,25H,8-16H2,(H,38,42). The molecule has 43 heavy (non-hydrogen) atoms. The lowest BCUT2D eigenvalue weighted by Gasteiger charge is -2.46. The molecule has 2 aromatic rings. The minimum atomic E-state index is -5.14. The summed E-state index contributed by atoms with van der Waals surface area (Å²) in [6.45, 7) is 3.86. The maximum absolute atomic E-state index is 13.4. The van der Waals surface area contributed by atoms with Gasteiger partial charge in [0.25, 0.3) is 5.91 Å². The Bertz CT molecular complexity index is 1360. The molecule has 0 bridgehead atoms. The fraction of sp³-hybridized carbons (Fsp3) is 0.419. The maximum Gasteiger partial charge on any atom is 0.416 e. The third-order valence-electron chi connectivity index (χ3n) is 8.42. The largest absolute Gasteiger partial charge is 0.495 e. The highest BCUT2D eigenvalue weighted by molar-refractivity contribution is 6.43. The van der Waals surface area contributed by atoms with E-state index in [4.69, 9.17) is 4.74 Å². The molecule has 0 atom stereocenters. The molecule has 1 saturated heterocycles. The number of Topliss-reactive ketones (excluding diaryl/α,β-unsaturated/α-hetero) is 1. The number of amides is 1. The molecular weight excluding hydrogens is 576 g/mol. The van der Waals surface area contributed by atoms with Gasteiger partial charge in [-0.25, -0.2) is 0 Å². The molecule has 2 fully saturated rings. The Balaban J connectivity index is 1.31. The van der Waals surface area contributed by atoms with Crippen molar-refractivity contribution in [1.29, 1.82) is 0 Å². The van der Waals surface area contributed by atoms with Gasteiger partial charge in [-0.2, -0.15) is 26.3 Å². The van der Waals surface area contributed by atoms with Gasteiger partial charge in [0.1, 0.15) is 12.9 Å². The summed E-state index contributed by atoms with van der Waals surface area (Å²) >= 11 is 0. The number of benzene rings is 2. The minimum absolute atomic E-state index is 0.0716. The molecule has 0 unspecified atom stereocenters. The Hall–Kier alpha value is -3.80. The van der Waals surface area contributed by atoms with E-state index in [1.165, 1.54) is 0 Å². The molecule has 230 valence electrons. The second-order valence-corrected chi connectivity index (χ2v) is 11.1. The van der Waals surface area contributed by atoms with Crippen LogP contribution in [0.2, 0.25) is 0 Å². The van der Waals surface area contributed by atoms with Crippen LogP contribution in [0.15, 0.2) is 72.6 Å². The van der Waals surface area contributed by atoms with Crippen molar-refractivity contribution in [2.75, 3.05) is 32.8 Å². The number of rotatable bonds is 6. The molecule has 6 nitrogen and oxygen atoms in total. The number of carbonyl (C=O) groups is 2. The molecule has 0 radical (unpaired) electrons. The van der Waals surface area contributed by atoms with Crippen molar-refractivity contribution in [3.63, 3.8) is 0 Å². The van der Waals surface area contributed by atoms with Crippen LogP contribution in [0.3, 0.4) is 0 Å². The average molecular weight is 608 g/mol. The Morgan fingerprint density at radius 3 is 2.00 bits per heavy atom. The van der Waals surface area contributed by atoms with Crippen LogP contribution >= 0.6 is 0 Å². The normalized spacial score (nSPS) is 23.3. The number of ketones is 1. The van der Waals surface area contributed by atoms with Crippen LogP contribution in [0, 0.1) is 0 Å². The number of ether oxygens (including phenoxy) is 1. The Kier molecular flexibility index (Phi) is 8.60. The first-order valence-electron chi connectivity index (χ1n) is 14.0. The third kappa shape index (κ3) is 6.90. The third-order valence-corrected chi connectivity index (χ3v) is 8.42. The second kappa shape index (κ2) is 12.1. The molecule has 0 aromatic heterocycles. The van der Waals surface area contributed by atoms with Gasteiger partial charge in [-0.15, -0.1) is 0 Å². The summed E-state index contributed by atoms with van der Waals surface area (Å²) in [5.41, 5.74) is -3.53. The van der Waals surface area contributed by atoms with Crippen LogP contribution in [0.5, 0.6) is 0 Å². The van der Waals surface area contributed by atoms with Gasteiger partial charge in [-0.1, -0.05) is 30.3 Å². The lowest BCUT2D eigenvalue weighted by Crippen LogP contribution is -2.55. The molecule has 0 spiro atoms. The smallest absolute Gasteiger partial charge is 0.416 e. The fourth-order valence-electron chi connectivity index (χ4n) is 6.12. The summed E-state index contributed by atoms with van der Waals surface area (Å²) in [4.78, 5) is 30.9. The van der Waals surface area contributed by atoms with Crippen molar-refractivity contribution in [2.45, 2.75) is 49.6 Å². The number of piperazine rings is 1. The van der Waals surface area contributed by atoms with Gasteiger partial charge in [0.2, 0.25) is 5.78 Å². The van der Waals surface area contributed by atoms with E-state index in [1.54, 1.807) is 36.6 Å². The molecule has 2 heterocycles. The lowest BCUT2D eigenvalue weighted by atomic mass is 9.74. The van der Waals surface area contributed by atoms with E-state index in [0.717, 1.165) is 37.4 Å². The number of allylic oxidation sites excluding steroid dienone is 1. The highest BCUT2D eigenvalue weighted by Crippen LogP contribution is 2.40. The number of nitrogens with one attached hydrogen (secondary N) is 1. The summed E-state index contributed by atoms with van der Waals surface area (Å²) < 4.78 is 85.6. The van der Waals surface area contributed by atoms with E-state index in [-0.39, 0.29) is 24.2 Å². The van der Waals surface area contributed by atoms with Gasteiger partial charge >= 0.3 is 12.4 Å². The van der Waals surface area contributed by atoms with Crippen LogP contribution in [0.25, 0.3) is 0 Å². The zero-order valence-corrected chi connectivity index (χ0v) is 23.2. The molecule has 1 aliphatic carbocycles. The van der Waals surface area contributed by atoms with E-state index in [1.807, 2.05) is 12.2 Å². The highest BCUT2D eigenvalue weighted by Gasteiger charge is 2.42. The molecule has 2 aliphatic heterocycles. The SMILES string of the molecule is O=C(NC1(c2ccccc2)CCC(N2CCN(C3=COCC=C3)CC2)CC1)C(=O)c1cc(C(F)(F)F)cc(C(F)(F)F)c1. The Labute approximate surface area is 245 Å². The van der Waals surface area contributed by atoms with Gasteiger partial charge in [0.15, 0.2) is 0 Å². The molecule has 5 rings (SSSR count). The second-order valence-electron chi connectivity index (χ2n) is 11.1. The predicted molar refractivity (Wildman–Crippen MR) is 146 cm³/mol. The van der Waals surface area contributed by atoms with Crippen LogP contribution in [-0.2, 0) is 27.4 Å². The minimum Gasteiger partial charge on any atom is -0.495 e. The van der Waals surface area contributed by atoms with Crippen LogP contribution in [0.4, 0.5) is 26.3 Å². The van der Waals surface area contributed by atoms with Gasteiger partial charge in [-0.05, 0) is 61.6 Å². The predicted octanol–water partition coefficient (Wildman–Crippen LogP) is 5.91. The summed E-state index contributed by atoms with van der Waals surface area (Å²) in [5, 5.41) is 2.73. The molecule has 12 heteroatoms. The maximum atomic E-state index is 13.4. The molecule has 1 N–H and O–H groups in total. The Morgan fingerprint density at radius 2 is 1.47 bits per heavy atom. The van der Waals surface area contributed by atoms with E-state index in [2.05, 4.69) is 15.1 Å². The van der Waals surface area contributed by atoms with Gasteiger partial charge in [-0.3, -0.25) is 14.5 Å². The van der Waals surface area contributed by atoms with Crippen molar-refractivity contribution in [3.05, 3.63) is 94.9 Å². The highest BCUT2D eigenvalue weighted by atomic mass is 19.4. The van der Waals surface area contributed by atoms with Crippen LogP contribution in [-0.4, -0.2) is 60.3 Å². The number of hydrogen-bond acceptors (Lipinski definition) is 5. The molecule has 1 saturated carbocycles. The number of alkyl halides is 6. The first kappa shape index (κ1) is 30.7. The van der Waals surface area contributed by atoms with Gasteiger partial charge < -0.3 is 15.0 Å². The quantitative estimate of drug-likeness (QED) is 0.252. The van der Waals surface area contributed by atoms with Crippen molar-refractivity contribution >= 4 is 11.7 Å². The van der Waals surface area contributed by atoms with Crippen LogP contribution in [0.1, 0.15) is 52.7 Å². The molecule has 3 aliphatic rings. The molecular formula is C31H31F6N3O3. The lowest BCUT2D eigenvalue weighted by molar-refractivity contribution is -0.143. The summed E-state index contributed by atoms with van der Waals surface area (Å²) in [5.74, 6) is -2.71. The first-order valence-corrected chi connectivity index (χ1v) is 14.0. The summed E-state index contributed by atoms with van der Waals surface area (Å²) in [6.07, 6.45) is -2.27. The van der Waals surface area contributed by atoms with Crippen LogP contribution < -0.4 is 5.32 Å². The number of halogens is 6. The monoisotopic (exact) mass is 607 g/mol. The number of hydrogen-bond donors (Lipinski definition) is 1. The first-order chi connectivity index (χ1) is 20.4. The van der Waals surface area contributed by atoms with E-state index < -0.39 is 46.3 Å². The number of nitrogens with zero attached hydrogens (tertiary/aromatic N) is 2. The summed E-state index contributed by atoms with van der Waals surface area (Å²) in [7, 11) is 0. The van der Waals surface area contributed by atoms with E-state index in [9.17, 15) is 35.9 Å². The van der Waals surface area contributed by atoms with Crippen molar-refractivity contribution in [1.82, 2.24) is 15.1 Å². The average Bonchev–Trinajstić information content (AvgIpc) is 3.01. The fourth-order valence-corrected chi connectivity index (χ4v) is 6.12. The van der Waals surface area contributed by atoms with E-state index >= 15 is 0 Å². The topological polar surface area (TPSA) is 61.9 Å². The van der Waals surface area contributed by atoms with Crippen molar-refractivity contribution in [3.8, 4) is 0 Å². The van der Waals surface area contributed by atoms with Crippen molar-refractivity contribution in [2.24, 2.45) is 0 Å². The zero-order chi connectivity index (χ0) is 30.8. The zero-order valence-electron chi connectivity index (χ0n) is 23.2. The van der Waals surface area contributed by atoms with E-state index in [0.29, 0.717) is 32.3 Å². The Morgan fingerprint density at radius 1 is 0.860 bits per heavy atom. The molecule has 1 amide bonds. The van der Waals surface area contributed by atoms with Crippen molar-refractivity contribution < 1.29 is 40.7 Å². The number of carbonyl (C=O) groups excluding carboxylic acids is 2. The van der Waals surface area contributed by atoms with Gasteiger partial charge in [0, 0.05) is 37.8 Å². The molecule has 2 aromatic carbocycles.